The third-order valence-corrected chi connectivity index (χ3v) is 4.06. The zero-order valence-corrected chi connectivity index (χ0v) is 14.1. The van der Waals surface area contributed by atoms with E-state index in [2.05, 4.69) is 0 Å². The second kappa shape index (κ2) is 8.69. The van der Waals surface area contributed by atoms with Crippen molar-refractivity contribution in [1.82, 2.24) is 4.90 Å². The van der Waals surface area contributed by atoms with Crippen LogP contribution in [-0.4, -0.2) is 42.2 Å². The first-order valence-corrected chi connectivity index (χ1v) is 7.55. The van der Waals surface area contributed by atoms with Crippen molar-refractivity contribution in [2.24, 2.45) is 5.92 Å². The summed E-state index contributed by atoms with van der Waals surface area (Å²) in [5.74, 6) is -1.33. The minimum absolute atomic E-state index is 0. The number of carbonyl (C=O) groups is 1. The lowest BCUT2D eigenvalue weighted by Crippen LogP contribution is -2.42. The standard InChI is InChI=1S/C16H20F3NO3.ClH/c1-2-11(15(21)22)9-20-6-7-23-14(10-20)12-4-3-5-13(8-12)16(17,18)19;/h3-5,8,11,14H,2,6-7,9-10H2,1H3,(H,21,22);1H. The fraction of sp³-hybridized carbons (Fsp3) is 0.562. The first-order chi connectivity index (χ1) is 10.8. The summed E-state index contributed by atoms with van der Waals surface area (Å²) in [5.41, 5.74) is -0.236. The van der Waals surface area contributed by atoms with E-state index in [9.17, 15) is 18.0 Å². The van der Waals surface area contributed by atoms with Gasteiger partial charge in [0.2, 0.25) is 0 Å². The molecule has 2 atom stereocenters. The van der Waals surface area contributed by atoms with E-state index in [1.165, 1.54) is 6.07 Å². The Kier molecular flexibility index (Phi) is 7.51. The number of carboxylic acid groups (broad SMARTS) is 1. The molecule has 24 heavy (non-hydrogen) atoms. The molecule has 2 rings (SSSR count). The smallest absolute Gasteiger partial charge is 0.416 e. The lowest BCUT2D eigenvalue weighted by atomic mass is 10.0. The molecule has 0 saturated carbocycles. The summed E-state index contributed by atoms with van der Waals surface area (Å²) in [7, 11) is 0. The molecule has 1 saturated heterocycles. The summed E-state index contributed by atoms with van der Waals surface area (Å²) >= 11 is 0. The molecule has 4 nitrogen and oxygen atoms in total. The van der Waals surface area contributed by atoms with Crippen LogP contribution in [0, 0.1) is 5.92 Å². The minimum atomic E-state index is -4.39. The minimum Gasteiger partial charge on any atom is -0.481 e. The zero-order valence-electron chi connectivity index (χ0n) is 13.3. The van der Waals surface area contributed by atoms with Crippen LogP contribution in [0.1, 0.15) is 30.6 Å². The third kappa shape index (κ3) is 5.36. The molecular weight excluding hydrogens is 347 g/mol. The molecule has 1 aliphatic heterocycles. The number of aliphatic carboxylic acids is 1. The molecule has 8 heteroatoms. The Bertz CT molecular complexity index is 554. The Labute approximate surface area is 145 Å². The molecule has 2 unspecified atom stereocenters. The fourth-order valence-corrected chi connectivity index (χ4v) is 2.68. The number of nitrogens with zero attached hydrogens (tertiary/aromatic N) is 1. The van der Waals surface area contributed by atoms with Gasteiger partial charge in [-0.05, 0) is 24.1 Å². The zero-order chi connectivity index (χ0) is 17.0. The van der Waals surface area contributed by atoms with Crippen LogP contribution in [-0.2, 0) is 15.7 Å². The highest BCUT2D eigenvalue weighted by Crippen LogP contribution is 2.32. The van der Waals surface area contributed by atoms with Gasteiger partial charge in [0.15, 0.2) is 0 Å². The highest BCUT2D eigenvalue weighted by atomic mass is 35.5. The summed E-state index contributed by atoms with van der Waals surface area (Å²) in [6.45, 7) is 3.54. The number of rotatable bonds is 5. The van der Waals surface area contributed by atoms with Crippen molar-refractivity contribution in [3.05, 3.63) is 35.4 Å². The molecule has 0 radical (unpaired) electrons. The number of carboxylic acids is 1. The van der Waals surface area contributed by atoms with Gasteiger partial charge >= 0.3 is 12.1 Å². The van der Waals surface area contributed by atoms with Crippen LogP contribution in [0.4, 0.5) is 13.2 Å². The van der Waals surface area contributed by atoms with E-state index in [-0.39, 0.29) is 12.4 Å². The molecule has 0 aliphatic carbocycles. The van der Waals surface area contributed by atoms with Gasteiger partial charge in [0.1, 0.15) is 0 Å². The number of alkyl halides is 3. The number of hydrogen-bond acceptors (Lipinski definition) is 3. The SMILES string of the molecule is CCC(CN1CCOC(c2cccc(C(F)(F)F)c2)C1)C(=O)O.Cl. The van der Waals surface area contributed by atoms with Crippen molar-refractivity contribution >= 4 is 18.4 Å². The first kappa shape index (κ1) is 20.7. The largest absolute Gasteiger partial charge is 0.481 e. The van der Waals surface area contributed by atoms with Crippen molar-refractivity contribution < 1.29 is 27.8 Å². The Morgan fingerprint density at radius 1 is 1.46 bits per heavy atom. The maximum absolute atomic E-state index is 12.8. The van der Waals surface area contributed by atoms with Gasteiger partial charge in [-0.15, -0.1) is 12.4 Å². The topological polar surface area (TPSA) is 49.8 Å². The lowest BCUT2D eigenvalue weighted by molar-refractivity contribution is -0.143. The van der Waals surface area contributed by atoms with Gasteiger partial charge in [-0.25, -0.2) is 0 Å². The van der Waals surface area contributed by atoms with E-state index in [0.717, 1.165) is 12.1 Å². The van der Waals surface area contributed by atoms with Gasteiger partial charge in [0.05, 0.1) is 24.2 Å². The number of morpholine rings is 1. The van der Waals surface area contributed by atoms with Gasteiger partial charge in [-0.2, -0.15) is 13.2 Å². The van der Waals surface area contributed by atoms with E-state index in [1.807, 2.05) is 11.8 Å². The van der Waals surface area contributed by atoms with Crippen LogP contribution in [0.5, 0.6) is 0 Å². The van der Waals surface area contributed by atoms with Crippen molar-refractivity contribution in [3.63, 3.8) is 0 Å². The predicted molar refractivity (Wildman–Crippen MR) is 85.2 cm³/mol. The normalized spacial score (nSPS) is 20.2. The molecule has 1 N–H and O–H groups in total. The van der Waals surface area contributed by atoms with E-state index in [1.54, 1.807) is 6.07 Å². The summed E-state index contributed by atoms with van der Waals surface area (Å²) in [5, 5.41) is 9.13. The maximum Gasteiger partial charge on any atom is 0.416 e. The summed E-state index contributed by atoms with van der Waals surface area (Å²) < 4.78 is 44.0. The van der Waals surface area contributed by atoms with E-state index in [4.69, 9.17) is 9.84 Å². The Balaban J connectivity index is 0.00000288. The molecule has 1 aromatic rings. The monoisotopic (exact) mass is 367 g/mol. The van der Waals surface area contributed by atoms with Crippen molar-refractivity contribution in [2.45, 2.75) is 25.6 Å². The average molecular weight is 368 g/mol. The van der Waals surface area contributed by atoms with Crippen molar-refractivity contribution in [2.75, 3.05) is 26.2 Å². The molecule has 1 fully saturated rings. The highest BCUT2D eigenvalue weighted by molar-refractivity contribution is 5.85. The van der Waals surface area contributed by atoms with Gasteiger partial charge in [0, 0.05) is 19.6 Å². The predicted octanol–water partition coefficient (Wildman–Crippen LogP) is 3.61. The molecule has 136 valence electrons. The summed E-state index contributed by atoms with van der Waals surface area (Å²) in [4.78, 5) is 13.1. The van der Waals surface area contributed by atoms with E-state index in [0.29, 0.717) is 38.2 Å². The van der Waals surface area contributed by atoms with Crippen LogP contribution < -0.4 is 0 Å². The van der Waals surface area contributed by atoms with Crippen LogP contribution in [0.15, 0.2) is 24.3 Å². The van der Waals surface area contributed by atoms with Gasteiger partial charge in [-0.3, -0.25) is 9.69 Å². The van der Waals surface area contributed by atoms with Crippen LogP contribution in [0.2, 0.25) is 0 Å². The second-order valence-electron chi connectivity index (χ2n) is 5.69. The van der Waals surface area contributed by atoms with Crippen molar-refractivity contribution in [3.8, 4) is 0 Å². The molecule has 1 aliphatic rings. The summed E-state index contributed by atoms with van der Waals surface area (Å²) in [6, 6.07) is 5.11. The number of benzene rings is 1. The number of ether oxygens (including phenoxy) is 1. The fourth-order valence-electron chi connectivity index (χ4n) is 2.68. The summed E-state index contributed by atoms with van der Waals surface area (Å²) in [6.07, 6.45) is -4.35. The van der Waals surface area contributed by atoms with Crippen LogP contribution in [0.3, 0.4) is 0 Å². The molecule has 1 aromatic carbocycles. The Morgan fingerprint density at radius 3 is 2.75 bits per heavy atom. The number of halogens is 4. The van der Waals surface area contributed by atoms with Crippen LogP contribution >= 0.6 is 12.4 Å². The molecule has 0 bridgehead atoms. The quantitative estimate of drug-likeness (QED) is 0.863. The number of hydrogen-bond donors (Lipinski definition) is 1. The molecule has 0 spiro atoms. The highest BCUT2D eigenvalue weighted by Gasteiger charge is 2.32. The lowest BCUT2D eigenvalue weighted by Gasteiger charge is -2.34. The first-order valence-electron chi connectivity index (χ1n) is 7.55. The van der Waals surface area contributed by atoms with Crippen molar-refractivity contribution in [1.29, 1.82) is 0 Å². The molecule has 0 amide bonds. The molecule has 0 aromatic heterocycles. The molecule has 1 heterocycles. The Hall–Kier alpha value is -1.31. The molecular formula is C16H21ClF3NO3. The van der Waals surface area contributed by atoms with Gasteiger partial charge < -0.3 is 9.84 Å². The van der Waals surface area contributed by atoms with E-state index < -0.39 is 29.7 Å². The maximum atomic E-state index is 12.8. The van der Waals surface area contributed by atoms with Gasteiger partial charge in [0.25, 0.3) is 0 Å². The van der Waals surface area contributed by atoms with Gasteiger partial charge in [-0.1, -0.05) is 19.1 Å². The average Bonchev–Trinajstić information content (AvgIpc) is 2.52. The Morgan fingerprint density at radius 2 is 2.17 bits per heavy atom. The van der Waals surface area contributed by atoms with E-state index >= 15 is 0 Å². The second-order valence-corrected chi connectivity index (χ2v) is 5.69. The van der Waals surface area contributed by atoms with Crippen LogP contribution in [0.25, 0.3) is 0 Å². The third-order valence-electron chi connectivity index (χ3n) is 4.06.